The maximum atomic E-state index is 13.1. The molecular weight excluding hydrogens is 302 g/mol. The molecule has 0 radical (unpaired) electrons. The van der Waals surface area contributed by atoms with Crippen molar-refractivity contribution in [2.45, 2.75) is 45.0 Å². The average molecular weight is 330 g/mol. The maximum absolute atomic E-state index is 13.1. The summed E-state index contributed by atoms with van der Waals surface area (Å²) in [4.78, 5) is 13.1. The number of carbonyl (C=O) groups is 1. The van der Waals surface area contributed by atoms with Crippen LogP contribution in [0, 0.1) is 0 Å². The minimum absolute atomic E-state index is 0.0552. The molecule has 1 atom stereocenters. The molecule has 0 spiro atoms. The molecule has 0 amide bonds. The molecule has 0 aliphatic heterocycles. The van der Waals surface area contributed by atoms with Gasteiger partial charge < -0.3 is 8.99 Å². The summed E-state index contributed by atoms with van der Waals surface area (Å²) >= 11 is 0. The van der Waals surface area contributed by atoms with E-state index in [4.69, 9.17) is 4.43 Å². The molecule has 0 saturated carbocycles. The Morgan fingerprint density at radius 1 is 1.04 bits per heavy atom. The van der Waals surface area contributed by atoms with E-state index in [1.807, 2.05) is 60.3 Å². The first-order valence-electron chi connectivity index (χ1n) is 8.45. The zero-order valence-corrected chi connectivity index (χ0v) is 15.6. The Bertz CT molecular complexity index is 624. The number of nitrogens with zero attached hydrogens (tertiary/aromatic N) is 1. The van der Waals surface area contributed by atoms with Gasteiger partial charge in [-0.05, 0) is 30.3 Å². The fourth-order valence-electron chi connectivity index (χ4n) is 3.00. The van der Waals surface area contributed by atoms with Crippen LogP contribution in [0.25, 0.3) is 0 Å². The summed E-state index contributed by atoms with van der Waals surface area (Å²) in [6.45, 7) is 6.57. The van der Waals surface area contributed by atoms with Crippen molar-refractivity contribution in [2.75, 3.05) is 0 Å². The number of ketones is 1. The Labute approximate surface area is 140 Å². The molecule has 0 aliphatic carbocycles. The lowest BCUT2D eigenvalue weighted by Crippen LogP contribution is -2.39. The Morgan fingerprint density at radius 2 is 1.65 bits per heavy atom. The molecule has 0 aliphatic rings. The number of carbonyl (C=O) groups excluding carboxylic acids is 1. The lowest BCUT2D eigenvalue weighted by Gasteiger charge is -2.33. The van der Waals surface area contributed by atoms with Crippen molar-refractivity contribution in [1.29, 1.82) is 0 Å². The van der Waals surface area contributed by atoms with E-state index in [0.29, 0.717) is 5.56 Å². The van der Waals surface area contributed by atoms with Gasteiger partial charge in [-0.1, -0.05) is 51.1 Å². The molecule has 0 bridgehead atoms. The van der Waals surface area contributed by atoms with Crippen LogP contribution < -0.4 is 0 Å². The van der Waals surface area contributed by atoms with Gasteiger partial charge in [0.05, 0.1) is 5.69 Å². The highest BCUT2D eigenvalue weighted by molar-refractivity contribution is 6.73. The van der Waals surface area contributed by atoms with Crippen LogP contribution in [-0.4, -0.2) is 18.7 Å². The van der Waals surface area contributed by atoms with Gasteiger partial charge in [-0.3, -0.25) is 4.79 Å². The number of hydrogen-bond donors (Lipinski definition) is 0. The Morgan fingerprint density at radius 3 is 2.13 bits per heavy atom. The van der Waals surface area contributed by atoms with Crippen LogP contribution in [0.5, 0.6) is 0 Å². The number of hydrogen-bond acceptors (Lipinski definition) is 2. The van der Waals surface area contributed by atoms with E-state index in [1.54, 1.807) is 0 Å². The first-order valence-corrected chi connectivity index (χ1v) is 11.0. The molecule has 124 valence electrons. The van der Waals surface area contributed by atoms with E-state index >= 15 is 0 Å². The van der Waals surface area contributed by atoms with Crippen molar-refractivity contribution < 1.29 is 9.22 Å². The van der Waals surface area contributed by atoms with Gasteiger partial charge in [0.15, 0.2) is 14.1 Å². The zero-order valence-electron chi connectivity index (χ0n) is 14.6. The third-order valence-corrected chi connectivity index (χ3v) is 9.45. The summed E-state index contributed by atoms with van der Waals surface area (Å²) in [6.07, 6.45) is 1.46. The van der Waals surface area contributed by atoms with Gasteiger partial charge >= 0.3 is 0 Å². The second-order valence-corrected chi connectivity index (χ2v) is 10.7. The van der Waals surface area contributed by atoms with Crippen LogP contribution in [0.3, 0.4) is 0 Å². The average Bonchev–Trinajstić information content (AvgIpc) is 3.03. The Kier molecular flexibility index (Phi) is 5.96. The van der Waals surface area contributed by atoms with Crippen molar-refractivity contribution in [2.24, 2.45) is 7.05 Å². The van der Waals surface area contributed by atoms with Crippen molar-refractivity contribution in [3.05, 3.63) is 59.9 Å². The van der Waals surface area contributed by atoms with Crippen LogP contribution in [0.1, 0.15) is 42.9 Å². The van der Waals surface area contributed by atoms with Crippen molar-refractivity contribution in [3.63, 3.8) is 0 Å². The van der Waals surface area contributed by atoms with Crippen LogP contribution in [0.15, 0.2) is 48.7 Å². The Hall–Kier alpha value is -1.65. The van der Waals surface area contributed by atoms with Crippen LogP contribution in [0.2, 0.25) is 18.1 Å². The molecule has 2 rings (SSSR count). The van der Waals surface area contributed by atoms with E-state index in [0.717, 1.165) is 23.8 Å². The molecule has 2 aromatic rings. The summed E-state index contributed by atoms with van der Waals surface area (Å²) < 4.78 is 8.59. The fourth-order valence-corrected chi connectivity index (χ4v) is 5.73. The molecule has 0 fully saturated rings. The van der Waals surface area contributed by atoms with E-state index in [-0.39, 0.29) is 5.78 Å². The van der Waals surface area contributed by atoms with Gasteiger partial charge in [0.1, 0.15) is 6.10 Å². The van der Waals surface area contributed by atoms with Crippen molar-refractivity contribution in [3.8, 4) is 0 Å². The highest BCUT2D eigenvalue weighted by atomic mass is 28.4. The summed E-state index contributed by atoms with van der Waals surface area (Å²) in [5, 5.41) is 0. The summed E-state index contributed by atoms with van der Waals surface area (Å²) in [7, 11) is 0.0799. The number of benzene rings is 1. The molecule has 3 nitrogen and oxygen atoms in total. The molecular formula is C19H27NO2Si. The largest absolute Gasteiger partial charge is 0.402 e. The van der Waals surface area contributed by atoms with Crippen LogP contribution in [0.4, 0.5) is 0 Å². The SMILES string of the molecule is CC[Si](CC)(CC)OC(C(=O)c1ccccc1)c1cccn1C. The van der Waals surface area contributed by atoms with Crippen molar-refractivity contribution >= 4 is 14.1 Å². The highest BCUT2D eigenvalue weighted by Gasteiger charge is 2.36. The molecule has 1 unspecified atom stereocenters. The van der Waals surface area contributed by atoms with Gasteiger partial charge in [-0.15, -0.1) is 0 Å². The standard InChI is InChI=1S/C19H27NO2Si/c1-5-23(6-2,7-3)22-19(17-14-11-15-20(17)4)18(21)16-12-9-8-10-13-16/h8-15,19H,5-7H2,1-4H3. The maximum Gasteiger partial charge on any atom is 0.196 e. The smallest absolute Gasteiger partial charge is 0.196 e. The first kappa shape index (κ1) is 17.7. The lowest BCUT2D eigenvalue weighted by molar-refractivity contribution is 0.0760. The van der Waals surface area contributed by atoms with Crippen LogP contribution in [-0.2, 0) is 11.5 Å². The highest BCUT2D eigenvalue weighted by Crippen LogP contribution is 2.32. The normalized spacial score (nSPS) is 13.0. The molecule has 0 N–H and O–H groups in total. The third kappa shape index (κ3) is 3.82. The Balaban J connectivity index is 2.41. The first-order chi connectivity index (χ1) is 11.1. The van der Waals surface area contributed by atoms with E-state index in [1.165, 1.54) is 0 Å². The number of Topliss-reactive ketones (excluding diaryl/α,β-unsaturated/α-hetero) is 1. The third-order valence-electron chi connectivity index (χ3n) is 4.85. The van der Waals surface area contributed by atoms with Crippen molar-refractivity contribution in [1.82, 2.24) is 4.57 Å². The summed E-state index contributed by atoms with van der Waals surface area (Å²) in [6, 6.07) is 16.5. The molecule has 4 heteroatoms. The summed E-state index contributed by atoms with van der Waals surface area (Å²) in [5.74, 6) is 0.0552. The van der Waals surface area contributed by atoms with Gasteiger partial charge in [0.25, 0.3) is 0 Å². The zero-order chi connectivity index (χ0) is 16.9. The quantitative estimate of drug-likeness (QED) is 0.506. The number of aryl methyl sites for hydroxylation is 1. The molecule has 1 aromatic carbocycles. The van der Waals surface area contributed by atoms with E-state index in [9.17, 15) is 4.79 Å². The molecule has 1 heterocycles. The minimum atomic E-state index is -1.89. The van der Waals surface area contributed by atoms with Gasteiger partial charge in [0.2, 0.25) is 0 Å². The summed E-state index contributed by atoms with van der Waals surface area (Å²) in [5.41, 5.74) is 1.65. The topological polar surface area (TPSA) is 31.2 Å². The van der Waals surface area contributed by atoms with Crippen LogP contribution >= 0.6 is 0 Å². The van der Waals surface area contributed by atoms with E-state index < -0.39 is 14.4 Å². The second-order valence-electron chi connectivity index (χ2n) is 6.02. The number of aromatic nitrogens is 1. The van der Waals surface area contributed by atoms with Gasteiger partial charge in [-0.25, -0.2) is 0 Å². The number of rotatable bonds is 8. The second kappa shape index (κ2) is 7.75. The predicted molar refractivity (Wildman–Crippen MR) is 97.2 cm³/mol. The predicted octanol–water partition coefficient (Wildman–Crippen LogP) is 4.97. The van der Waals surface area contributed by atoms with E-state index in [2.05, 4.69) is 20.8 Å². The molecule has 23 heavy (non-hydrogen) atoms. The fraction of sp³-hybridized carbons (Fsp3) is 0.421. The minimum Gasteiger partial charge on any atom is -0.402 e. The molecule has 1 aromatic heterocycles. The monoisotopic (exact) mass is 329 g/mol. The lowest BCUT2D eigenvalue weighted by atomic mass is 10.0. The van der Waals surface area contributed by atoms with Gasteiger partial charge in [-0.2, -0.15) is 0 Å². The van der Waals surface area contributed by atoms with Gasteiger partial charge in [0, 0.05) is 18.8 Å². The molecule has 0 saturated heterocycles.